The monoisotopic (exact) mass is 395 g/mol. The van der Waals surface area contributed by atoms with Crippen molar-refractivity contribution in [2.75, 3.05) is 5.32 Å². The molecule has 2 aromatic carbocycles. The van der Waals surface area contributed by atoms with Gasteiger partial charge in [0, 0.05) is 6.08 Å². The third-order valence-electron chi connectivity index (χ3n) is 3.31. The van der Waals surface area contributed by atoms with Gasteiger partial charge in [-0.1, -0.05) is 35.9 Å². The van der Waals surface area contributed by atoms with Crippen LogP contribution in [0.4, 0.5) is 14.5 Å². The lowest BCUT2D eigenvalue weighted by Crippen LogP contribution is -2.29. The molecular formula is C19H16ClF2NO4. The lowest BCUT2D eigenvalue weighted by Gasteiger charge is -2.13. The van der Waals surface area contributed by atoms with Crippen LogP contribution in [0.15, 0.2) is 54.6 Å². The van der Waals surface area contributed by atoms with Gasteiger partial charge < -0.3 is 14.8 Å². The van der Waals surface area contributed by atoms with E-state index in [1.54, 1.807) is 24.3 Å². The number of para-hydroxylation sites is 1. The van der Waals surface area contributed by atoms with Gasteiger partial charge in [0.25, 0.3) is 5.91 Å². The summed E-state index contributed by atoms with van der Waals surface area (Å²) >= 11 is 5.95. The average Bonchev–Trinajstić information content (AvgIpc) is 2.62. The van der Waals surface area contributed by atoms with E-state index in [9.17, 15) is 18.4 Å². The van der Waals surface area contributed by atoms with Crippen molar-refractivity contribution in [3.8, 4) is 5.75 Å². The summed E-state index contributed by atoms with van der Waals surface area (Å²) in [5, 5.41) is 2.93. The Kier molecular flexibility index (Phi) is 7.31. The van der Waals surface area contributed by atoms with Crippen molar-refractivity contribution in [1.82, 2.24) is 0 Å². The number of alkyl halides is 2. The van der Waals surface area contributed by atoms with Crippen molar-refractivity contribution in [1.29, 1.82) is 0 Å². The van der Waals surface area contributed by atoms with E-state index in [4.69, 9.17) is 16.3 Å². The molecule has 1 N–H and O–H groups in total. The molecule has 0 heterocycles. The van der Waals surface area contributed by atoms with Crippen LogP contribution in [0.3, 0.4) is 0 Å². The first-order valence-electron chi connectivity index (χ1n) is 7.84. The van der Waals surface area contributed by atoms with Crippen molar-refractivity contribution in [3.05, 3.63) is 65.2 Å². The largest absolute Gasteiger partial charge is 0.449 e. The second-order valence-corrected chi connectivity index (χ2v) is 5.74. The standard InChI is InChI=1S/C19H16ClF2NO4/c1-12(18(25)23-16-5-3-2-4-15(16)20)26-17(24)11-8-13-6-9-14(10-7-13)27-19(21)22/h2-12,19H,1H3,(H,23,25)/b11-8+/t12-/m0/s1. The minimum absolute atomic E-state index is 0.00888. The number of esters is 1. The molecule has 0 aromatic heterocycles. The van der Waals surface area contributed by atoms with Gasteiger partial charge in [-0.2, -0.15) is 8.78 Å². The molecule has 2 rings (SSSR count). The molecule has 0 saturated heterocycles. The first kappa shape index (κ1) is 20.4. The van der Waals surface area contributed by atoms with E-state index in [-0.39, 0.29) is 5.75 Å². The number of rotatable bonds is 7. The first-order valence-corrected chi connectivity index (χ1v) is 8.22. The van der Waals surface area contributed by atoms with Crippen LogP contribution in [0.2, 0.25) is 5.02 Å². The van der Waals surface area contributed by atoms with Crippen LogP contribution >= 0.6 is 11.6 Å². The minimum Gasteiger partial charge on any atom is -0.449 e. The summed E-state index contributed by atoms with van der Waals surface area (Å²) in [7, 11) is 0. The van der Waals surface area contributed by atoms with Crippen LogP contribution in [-0.2, 0) is 14.3 Å². The summed E-state index contributed by atoms with van der Waals surface area (Å²) in [6, 6.07) is 12.3. The number of ether oxygens (including phenoxy) is 2. The van der Waals surface area contributed by atoms with Crippen molar-refractivity contribution < 1.29 is 27.8 Å². The zero-order chi connectivity index (χ0) is 19.8. The minimum atomic E-state index is -2.90. The number of hydrogen-bond acceptors (Lipinski definition) is 4. The fourth-order valence-corrected chi connectivity index (χ4v) is 2.17. The fraction of sp³-hybridized carbons (Fsp3) is 0.158. The van der Waals surface area contributed by atoms with Gasteiger partial charge in [-0.05, 0) is 42.8 Å². The van der Waals surface area contributed by atoms with Crippen LogP contribution in [0, 0.1) is 0 Å². The van der Waals surface area contributed by atoms with Gasteiger partial charge in [0.15, 0.2) is 6.10 Å². The van der Waals surface area contributed by atoms with Crippen LogP contribution in [0.5, 0.6) is 5.75 Å². The zero-order valence-electron chi connectivity index (χ0n) is 14.2. The van der Waals surface area contributed by atoms with Crippen LogP contribution < -0.4 is 10.1 Å². The lowest BCUT2D eigenvalue weighted by atomic mass is 10.2. The molecule has 2 aromatic rings. The van der Waals surface area contributed by atoms with Gasteiger partial charge in [0.2, 0.25) is 0 Å². The Morgan fingerprint density at radius 2 is 1.78 bits per heavy atom. The van der Waals surface area contributed by atoms with E-state index in [2.05, 4.69) is 10.1 Å². The van der Waals surface area contributed by atoms with Gasteiger partial charge in [-0.3, -0.25) is 4.79 Å². The molecule has 0 aliphatic heterocycles. The number of amides is 1. The Labute approximate surface area is 159 Å². The van der Waals surface area contributed by atoms with E-state index in [1.807, 2.05) is 0 Å². The van der Waals surface area contributed by atoms with Crippen molar-refractivity contribution in [2.45, 2.75) is 19.6 Å². The van der Waals surface area contributed by atoms with Crippen LogP contribution in [0.25, 0.3) is 6.08 Å². The molecular weight excluding hydrogens is 380 g/mol. The van der Waals surface area contributed by atoms with Gasteiger partial charge in [0.05, 0.1) is 10.7 Å². The van der Waals surface area contributed by atoms with Gasteiger partial charge in [-0.15, -0.1) is 0 Å². The third kappa shape index (κ3) is 6.71. The molecule has 0 aliphatic rings. The molecule has 5 nitrogen and oxygen atoms in total. The molecule has 0 radical (unpaired) electrons. The number of hydrogen-bond donors (Lipinski definition) is 1. The van der Waals surface area contributed by atoms with Gasteiger partial charge >= 0.3 is 12.6 Å². The SMILES string of the molecule is C[C@H](OC(=O)/C=C/c1ccc(OC(F)F)cc1)C(=O)Nc1ccccc1Cl. The highest BCUT2D eigenvalue weighted by Crippen LogP contribution is 2.20. The number of carbonyl (C=O) groups is 2. The molecule has 0 spiro atoms. The summed E-state index contributed by atoms with van der Waals surface area (Å²) in [5.74, 6) is -1.25. The Balaban J connectivity index is 1.87. The Hall–Kier alpha value is -2.93. The number of nitrogens with one attached hydrogen (secondary N) is 1. The number of halogens is 3. The summed E-state index contributed by atoms with van der Waals surface area (Å²) in [6.07, 6.45) is 1.51. The van der Waals surface area contributed by atoms with Crippen molar-refractivity contribution in [3.63, 3.8) is 0 Å². The average molecular weight is 396 g/mol. The predicted molar refractivity (Wildman–Crippen MR) is 97.7 cm³/mol. The quantitative estimate of drug-likeness (QED) is 0.552. The van der Waals surface area contributed by atoms with Crippen LogP contribution in [-0.4, -0.2) is 24.6 Å². The summed E-state index contributed by atoms with van der Waals surface area (Å²) in [5.41, 5.74) is 0.982. The van der Waals surface area contributed by atoms with Gasteiger partial charge in [0.1, 0.15) is 5.75 Å². The summed E-state index contributed by atoms with van der Waals surface area (Å²) < 4.78 is 33.4. The molecule has 0 fully saturated rings. The number of anilines is 1. The first-order chi connectivity index (χ1) is 12.8. The second kappa shape index (κ2) is 9.68. The maximum Gasteiger partial charge on any atom is 0.387 e. The van der Waals surface area contributed by atoms with E-state index in [0.29, 0.717) is 16.3 Å². The highest BCUT2D eigenvalue weighted by Gasteiger charge is 2.17. The lowest BCUT2D eigenvalue weighted by molar-refractivity contribution is -0.148. The van der Waals surface area contributed by atoms with Gasteiger partial charge in [-0.25, -0.2) is 4.79 Å². The molecule has 142 valence electrons. The third-order valence-corrected chi connectivity index (χ3v) is 3.64. The molecule has 1 atom stereocenters. The summed E-state index contributed by atoms with van der Waals surface area (Å²) in [4.78, 5) is 23.9. The molecule has 1 amide bonds. The molecule has 0 unspecified atom stereocenters. The Morgan fingerprint density at radius 1 is 1.11 bits per heavy atom. The van der Waals surface area contributed by atoms with E-state index in [0.717, 1.165) is 6.08 Å². The highest BCUT2D eigenvalue weighted by atomic mass is 35.5. The number of carbonyl (C=O) groups excluding carboxylic acids is 2. The smallest absolute Gasteiger partial charge is 0.387 e. The molecule has 27 heavy (non-hydrogen) atoms. The molecule has 8 heteroatoms. The molecule has 0 bridgehead atoms. The Morgan fingerprint density at radius 3 is 2.41 bits per heavy atom. The normalized spacial score (nSPS) is 12.0. The zero-order valence-corrected chi connectivity index (χ0v) is 15.0. The fourth-order valence-electron chi connectivity index (χ4n) is 1.99. The van der Waals surface area contributed by atoms with E-state index >= 15 is 0 Å². The molecule has 0 saturated carbocycles. The predicted octanol–water partition coefficient (Wildman–Crippen LogP) is 4.53. The van der Waals surface area contributed by atoms with Crippen molar-refractivity contribution in [2.24, 2.45) is 0 Å². The van der Waals surface area contributed by atoms with E-state index < -0.39 is 24.6 Å². The highest BCUT2D eigenvalue weighted by molar-refractivity contribution is 6.33. The molecule has 0 aliphatic carbocycles. The topological polar surface area (TPSA) is 64.6 Å². The van der Waals surface area contributed by atoms with Crippen molar-refractivity contribution >= 4 is 35.2 Å². The summed E-state index contributed by atoms with van der Waals surface area (Å²) in [6.45, 7) is -1.48. The second-order valence-electron chi connectivity index (χ2n) is 5.33. The van der Waals surface area contributed by atoms with Crippen LogP contribution in [0.1, 0.15) is 12.5 Å². The maximum atomic E-state index is 12.1. The Bertz CT molecular complexity index is 825. The number of benzene rings is 2. The maximum absolute atomic E-state index is 12.1. The van der Waals surface area contributed by atoms with E-state index in [1.165, 1.54) is 37.3 Å².